The molecule has 1 rings (SSSR count). The van der Waals surface area contributed by atoms with Gasteiger partial charge in [-0.2, -0.15) is 0 Å². The molecule has 0 saturated carbocycles. The third-order valence-corrected chi connectivity index (χ3v) is 3.15. The number of nitrogens with zero attached hydrogens (tertiary/aromatic N) is 1. The largest absolute Gasteiger partial charge is 0.315 e. The summed E-state index contributed by atoms with van der Waals surface area (Å²) in [7, 11) is 0. The lowest BCUT2D eigenvalue weighted by atomic mass is 10.1. The van der Waals surface area contributed by atoms with E-state index in [-0.39, 0.29) is 0 Å². The van der Waals surface area contributed by atoms with Gasteiger partial charge in [0.1, 0.15) is 0 Å². The van der Waals surface area contributed by atoms with Gasteiger partial charge in [0.05, 0.1) is 0 Å². The van der Waals surface area contributed by atoms with Gasteiger partial charge in [0.15, 0.2) is 0 Å². The summed E-state index contributed by atoms with van der Waals surface area (Å²) in [6.45, 7) is 12.9. The molecule has 1 heterocycles. The summed E-state index contributed by atoms with van der Waals surface area (Å²) in [5.74, 6) is 0.934. The fourth-order valence-corrected chi connectivity index (χ4v) is 2.14. The Labute approximate surface area is 89.1 Å². The molecule has 0 aliphatic carbocycles. The number of hydrogen-bond donors (Lipinski definition) is 1. The molecule has 1 aliphatic rings. The Morgan fingerprint density at radius 1 is 1.29 bits per heavy atom. The van der Waals surface area contributed by atoms with E-state index >= 15 is 0 Å². The Balaban J connectivity index is 2.10. The molecule has 1 N–H and O–H groups in total. The van der Waals surface area contributed by atoms with Crippen molar-refractivity contribution in [2.24, 2.45) is 5.92 Å². The van der Waals surface area contributed by atoms with Crippen LogP contribution in [-0.2, 0) is 0 Å². The third-order valence-electron chi connectivity index (χ3n) is 3.15. The molecule has 0 spiro atoms. The predicted molar refractivity (Wildman–Crippen MR) is 62.6 cm³/mol. The zero-order chi connectivity index (χ0) is 10.6. The van der Waals surface area contributed by atoms with Crippen molar-refractivity contribution in [3.63, 3.8) is 0 Å². The number of likely N-dealkylation sites (tertiary alicyclic amines) is 1. The van der Waals surface area contributed by atoms with E-state index in [9.17, 15) is 0 Å². The lowest BCUT2D eigenvalue weighted by Crippen LogP contribution is -2.29. The van der Waals surface area contributed by atoms with Crippen molar-refractivity contribution in [3.05, 3.63) is 0 Å². The van der Waals surface area contributed by atoms with Gasteiger partial charge in [-0.3, -0.25) is 0 Å². The molecular formula is C12H26N2. The van der Waals surface area contributed by atoms with Gasteiger partial charge in [-0.1, -0.05) is 13.8 Å². The summed E-state index contributed by atoms with van der Waals surface area (Å²) in [6, 6.07) is 1.37. The van der Waals surface area contributed by atoms with Crippen LogP contribution < -0.4 is 5.32 Å². The van der Waals surface area contributed by atoms with Crippen molar-refractivity contribution in [1.29, 1.82) is 0 Å². The van der Waals surface area contributed by atoms with E-state index in [1.165, 1.54) is 32.5 Å². The zero-order valence-corrected chi connectivity index (χ0v) is 10.2. The molecule has 1 unspecified atom stereocenters. The monoisotopic (exact) mass is 198 g/mol. The minimum atomic E-state index is 0.637. The van der Waals surface area contributed by atoms with E-state index in [0.29, 0.717) is 6.04 Å². The SMILES string of the molecule is CC(C)NCCC1CCN(C(C)C)C1. The van der Waals surface area contributed by atoms with Crippen molar-refractivity contribution in [2.75, 3.05) is 19.6 Å². The van der Waals surface area contributed by atoms with Crippen LogP contribution in [-0.4, -0.2) is 36.6 Å². The van der Waals surface area contributed by atoms with Crippen molar-refractivity contribution >= 4 is 0 Å². The molecule has 0 bridgehead atoms. The highest BCUT2D eigenvalue weighted by atomic mass is 15.2. The maximum atomic E-state index is 3.50. The maximum absolute atomic E-state index is 3.50. The molecule has 0 radical (unpaired) electrons. The summed E-state index contributed by atoms with van der Waals surface area (Å²) < 4.78 is 0. The molecule has 2 heteroatoms. The number of hydrogen-bond acceptors (Lipinski definition) is 2. The van der Waals surface area contributed by atoms with Crippen molar-refractivity contribution < 1.29 is 0 Å². The molecule has 0 amide bonds. The fraction of sp³-hybridized carbons (Fsp3) is 1.00. The molecule has 1 aliphatic heterocycles. The maximum Gasteiger partial charge on any atom is 0.00387 e. The Kier molecular flexibility index (Phi) is 4.90. The van der Waals surface area contributed by atoms with Gasteiger partial charge in [0.2, 0.25) is 0 Å². The Bertz CT molecular complexity index is 154. The van der Waals surface area contributed by atoms with E-state index in [1.54, 1.807) is 0 Å². The van der Waals surface area contributed by atoms with Crippen LogP contribution in [0.1, 0.15) is 40.5 Å². The average Bonchev–Trinajstić information content (AvgIpc) is 2.52. The van der Waals surface area contributed by atoms with Gasteiger partial charge in [0.25, 0.3) is 0 Å². The summed E-state index contributed by atoms with van der Waals surface area (Å²) >= 11 is 0. The summed E-state index contributed by atoms with van der Waals surface area (Å²) in [5, 5.41) is 3.50. The number of rotatable bonds is 5. The number of nitrogens with one attached hydrogen (secondary N) is 1. The topological polar surface area (TPSA) is 15.3 Å². The van der Waals surface area contributed by atoms with Crippen LogP contribution in [0.15, 0.2) is 0 Å². The molecule has 84 valence electrons. The molecule has 1 saturated heterocycles. The molecular weight excluding hydrogens is 172 g/mol. The lowest BCUT2D eigenvalue weighted by molar-refractivity contribution is 0.262. The summed E-state index contributed by atoms with van der Waals surface area (Å²) in [6.07, 6.45) is 2.75. The first-order valence-electron chi connectivity index (χ1n) is 6.07. The van der Waals surface area contributed by atoms with Crippen molar-refractivity contribution in [2.45, 2.75) is 52.6 Å². The Morgan fingerprint density at radius 3 is 2.50 bits per heavy atom. The van der Waals surface area contributed by atoms with Crippen LogP contribution in [0.25, 0.3) is 0 Å². The quantitative estimate of drug-likeness (QED) is 0.728. The molecule has 1 atom stereocenters. The minimum Gasteiger partial charge on any atom is -0.315 e. The second kappa shape index (κ2) is 5.72. The zero-order valence-electron chi connectivity index (χ0n) is 10.2. The van der Waals surface area contributed by atoms with Crippen LogP contribution >= 0.6 is 0 Å². The van der Waals surface area contributed by atoms with Gasteiger partial charge >= 0.3 is 0 Å². The van der Waals surface area contributed by atoms with E-state index in [2.05, 4.69) is 37.9 Å². The van der Waals surface area contributed by atoms with E-state index < -0.39 is 0 Å². The van der Waals surface area contributed by atoms with E-state index in [0.717, 1.165) is 12.0 Å². The summed E-state index contributed by atoms with van der Waals surface area (Å²) in [5.41, 5.74) is 0. The van der Waals surface area contributed by atoms with Gasteiger partial charge < -0.3 is 10.2 Å². The average molecular weight is 198 g/mol. The van der Waals surface area contributed by atoms with Crippen LogP contribution in [0.3, 0.4) is 0 Å². The summed E-state index contributed by atoms with van der Waals surface area (Å²) in [4.78, 5) is 2.60. The van der Waals surface area contributed by atoms with Crippen LogP contribution in [0, 0.1) is 5.92 Å². The lowest BCUT2D eigenvalue weighted by Gasteiger charge is -2.20. The third kappa shape index (κ3) is 3.97. The second-order valence-electron chi connectivity index (χ2n) is 5.14. The second-order valence-corrected chi connectivity index (χ2v) is 5.14. The molecule has 1 fully saturated rings. The smallest absolute Gasteiger partial charge is 0.00387 e. The highest BCUT2D eigenvalue weighted by Crippen LogP contribution is 2.20. The van der Waals surface area contributed by atoms with Gasteiger partial charge in [-0.05, 0) is 45.7 Å². The van der Waals surface area contributed by atoms with Gasteiger partial charge in [0, 0.05) is 18.6 Å². The van der Waals surface area contributed by atoms with Crippen LogP contribution in [0.4, 0.5) is 0 Å². The minimum absolute atomic E-state index is 0.637. The Hall–Kier alpha value is -0.0800. The van der Waals surface area contributed by atoms with Gasteiger partial charge in [-0.25, -0.2) is 0 Å². The highest BCUT2D eigenvalue weighted by Gasteiger charge is 2.23. The van der Waals surface area contributed by atoms with Gasteiger partial charge in [-0.15, -0.1) is 0 Å². The van der Waals surface area contributed by atoms with Crippen LogP contribution in [0.2, 0.25) is 0 Å². The molecule has 0 aromatic heterocycles. The van der Waals surface area contributed by atoms with Crippen LogP contribution in [0.5, 0.6) is 0 Å². The van der Waals surface area contributed by atoms with Crippen molar-refractivity contribution in [1.82, 2.24) is 10.2 Å². The highest BCUT2D eigenvalue weighted by molar-refractivity contribution is 4.78. The standard InChI is InChI=1S/C12H26N2/c1-10(2)13-7-5-12-6-8-14(9-12)11(3)4/h10-13H,5-9H2,1-4H3. The van der Waals surface area contributed by atoms with E-state index in [4.69, 9.17) is 0 Å². The fourth-order valence-electron chi connectivity index (χ4n) is 2.14. The van der Waals surface area contributed by atoms with E-state index in [1.807, 2.05) is 0 Å². The first kappa shape index (κ1) is 12.0. The first-order valence-corrected chi connectivity index (χ1v) is 6.07. The predicted octanol–water partition coefficient (Wildman–Crippen LogP) is 2.10. The normalized spacial score (nSPS) is 24.0. The molecule has 2 nitrogen and oxygen atoms in total. The Morgan fingerprint density at radius 2 is 2.00 bits per heavy atom. The molecule has 14 heavy (non-hydrogen) atoms. The molecule has 0 aromatic carbocycles. The first-order chi connectivity index (χ1) is 6.59. The molecule has 0 aromatic rings. The van der Waals surface area contributed by atoms with Crippen molar-refractivity contribution in [3.8, 4) is 0 Å².